The third-order valence-corrected chi connectivity index (χ3v) is 7.41. The number of β-lactam (4-membered cyclic amide) rings is 1. The van der Waals surface area contributed by atoms with Gasteiger partial charge in [0.2, 0.25) is 0 Å². The summed E-state index contributed by atoms with van der Waals surface area (Å²) in [5, 5.41) is 17.9. The van der Waals surface area contributed by atoms with Crippen LogP contribution in [0.3, 0.4) is 0 Å². The summed E-state index contributed by atoms with van der Waals surface area (Å²) in [6, 6.07) is 13.6. The van der Waals surface area contributed by atoms with E-state index in [-0.39, 0.29) is 22.9 Å². The van der Waals surface area contributed by atoms with Gasteiger partial charge < -0.3 is 21.0 Å². The highest BCUT2D eigenvalue weighted by molar-refractivity contribution is 8.00. The number of fused-ring (bicyclic) bond motifs is 2. The number of carbonyl (C=O) groups is 3. The maximum absolute atomic E-state index is 13.1. The highest BCUT2D eigenvalue weighted by Gasteiger charge is 2.54. The van der Waals surface area contributed by atoms with Gasteiger partial charge in [0.15, 0.2) is 24.7 Å². The molecule has 1 saturated heterocycles. The van der Waals surface area contributed by atoms with Crippen LogP contribution in [0.1, 0.15) is 5.69 Å². The Morgan fingerprint density at radius 2 is 2.03 bits per heavy atom. The summed E-state index contributed by atoms with van der Waals surface area (Å²) in [7, 11) is 1.28. The number of hydrogen-bond acceptors (Lipinski definition) is 8. The van der Waals surface area contributed by atoms with E-state index in [4.69, 9.17) is 10.6 Å². The number of pyridine rings is 2. The highest BCUT2D eigenvalue weighted by atomic mass is 32.2. The molecule has 2 aliphatic rings. The number of nitrogens with one attached hydrogen (secondary N) is 1. The number of hydrogen-bond donors (Lipinski definition) is 3. The van der Waals surface area contributed by atoms with E-state index in [0.717, 1.165) is 10.8 Å². The second-order valence-corrected chi connectivity index (χ2v) is 9.54. The van der Waals surface area contributed by atoms with Gasteiger partial charge in [0.05, 0.1) is 0 Å². The number of nitrogens with zero attached hydrogens (tertiary/aromatic N) is 4. The number of benzene rings is 1. The van der Waals surface area contributed by atoms with E-state index >= 15 is 0 Å². The zero-order valence-electron chi connectivity index (χ0n) is 19.7. The molecule has 0 bridgehead atoms. The lowest BCUT2D eigenvalue weighted by Gasteiger charge is -2.49. The number of nitrogen functional groups attached to an aromatic ring is 1. The van der Waals surface area contributed by atoms with Gasteiger partial charge in [-0.3, -0.25) is 14.5 Å². The molecule has 1 unspecified atom stereocenters. The van der Waals surface area contributed by atoms with Gasteiger partial charge in [-0.2, -0.15) is 0 Å². The van der Waals surface area contributed by atoms with E-state index < -0.39 is 29.2 Å². The lowest BCUT2D eigenvalue weighted by Crippen LogP contribution is -2.71. The molecule has 11 nitrogen and oxygen atoms in total. The minimum atomic E-state index is -1.19. The van der Waals surface area contributed by atoms with Crippen molar-refractivity contribution in [3.05, 3.63) is 77.9 Å². The number of carbonyl (C=O) groups excluding carboxylic acids is 2. The minimum Gasteiger partial charge on any atom is -0.477 e. The van der Waals surface area contributed by atoms with Crippen molar-refractivity contribution in [2.24, 2.45) is 5.16 Å². The zero-order valence-corrected chi connectivity index (χ0v) is 20.5. The van der Waals surface area contributed by atoms with Crippen molar-refractivity contribution in [2.75, 3.05) is 18.6 Å². The largest absolute Gasteiger partial charge is 0.477 e. The molecule has 3 aromatic rings. The lowest BCUT2D eigenvalue weighted by atomic mass is 10.0. The zero-order chi connectivity index (χ0) is 26.1. The Kier molecular flexibility index (Phi) is 6.49. The minimum absolute atomic E-state index is 0.0526. The fraction of sp³-hybridized carbons (Fsp3) is 0.200. The second-order valence-electron chi connectivity index (χ2n) is 8.43. The summed E-state index contributed by atoms with van der Waals surface area (Å²) < 4.78 is 1.90. The Bertz CT molecular complexity index is 1490. The van der Waals surface area contributed by atoms with Crippen molar-refractivity contribution in [2.45, 2.75) is 18.0 Å². The first-order valence-corrected chi connectivity index (χ1v) is 12.3. The predicted molar refractivity (Wildman–Crippen MR) is 136 cm³/mol. The molecule has 12 heteroatoms. The monoisotopic (exact) mass is 519 g/mol. The smallest absolute Gasteiger partial charge is 0.352 e. The van der Waals surface area contributed by atoms with Crippen LogP contribution in [0.2, 0.25) is 0 Å². The maximum Gasteiger partial charge on any atom is 0.352 e. The number of aromatic nitrogens is 2. The molecule has 2 amide bonds. The van der Waals surface area contributed by atoms with Gasteiger partial charge in [0.25, 0.3) is 11.8 Å². The van der Waals surface area contributed by atoms with Gasteiger partial charge in [-0.15, -0.1) is 11.8 Å². The highest BCUT2D eigenvalue weighted by Crippen LogP contribution is 2.40. The van der Waals surface area contributed by atoms with E-state index in [9.17, 15) is 19.5 Å². The van der Waals surface area contributed by atoms with E-state index in [1.54, 1.807) is 18.2 Å². The molecule has 4 heterocycles. The van der Waals surface area contributed by atoms with Gasteiger partial charge in [0, 0.05) is 22.8 Å². The Morgan fingerprint density at radius 1 is 1.24 bits per heavy atom. The fourth-order valence-electron chi connectivity index (χ4n) is 4.39. The Balaban J connectivity index is 1.36. The molecule has 37 heavy (non-hydrogen) atoms. The first-order valence-electron chi connectivity index (χ1n) is 11.3. The van der Waals surface area contributed by atoms with Gasteiger partial charge in [-0.05, 0) is 23.6 Å². The standard InChI is InChI=1S/C25H22N6O5S/c1-36-29-19(17-7-4-8-18(26)27-17)22(32)28-20-23(33)31-21(25(34)35)16(13-37-24(20)31)12-30-10-9-14-5-2-3-6-15(14)11-30/h2-11,20,24H,12-13H2,1H3,(H3-,26,27,28,32,34,35)/p+1/b29-19-/t20?,24-/m1/s1. The molecule has 2 aliphatic heterocycles. The molecule has 1 aromatic carbocycles. The van der Waals surface area contributed by atoms with Crippen molar-refractivity contribution in [3.8, 4) is 0 Å². The summed E-state index contributed by atoms with van der Waals surface area (Å²) in [5.41, 5.74) is 6.30. The van der Waals surface area contributed by atoms with Crippen molar-refractivity contribution in [1.29, 1.82) is 0 Å². The third kappa shape index (κ3) is 4.58. The third-order valence-electron chi connectivity index (χ3n) is 6.07. The molecular weight excluding hydrogens is 496 g/mol. The molecule has 0 aliphatic carbocycles. The van der Waals surface area contributed by atoms with Crippen LogP contribution >= 0.6 is 11.8 Å². The molecule has 0 saturated carbocycles. The number of thioether (sulfide) groups is 1. The van der Waals surface area contributed by atoms with E-state index in [1.165, 1.54) is 23.8 Å². The number of carboxylic acid groups (broad SMARTS) is 1. The summed E-state index contributed by atoms with van der Waals surface area (Å²) in [4.78, 5) is 48.4. The quantitative estimate of drug-likeness (QED) is 0.180. The lowest BCUT2D eigenvalue weighted by molar-refractivity contribution is -0.687. The average Bonchev–Trinajstić information content (AvgIpc) is 2.89. The van der Waals surface area contributed by atoms with Crippen LogP contribution in [-0.2, 0) is 25.8 Å². The van der Waals surface area contributed by atoms with Crippen molar-refractivity contribution >= 4 is 51.8 Å². The average molecular weight is 520 g/mol. The van der Waals surface area contributed by atoms with Crippen LogP contribution in [0, 0.1) is 0 Å². The summed E-state index contributed by atoms with van der Waals surface area (Å²) in [5.74, 6) is -1.81. The molecule has 2 aromatic heterocycles. The number of carboxylic acids is 1. The molecule has 0 radical (unpaired) electrons. The fourth-order valence-corrected chi connectivity index (χ4v) is 5.73. The van der Waals surface area contributed by atoms with Crippen molar-refractivity contribution in [1.82, 2.24) is 15.2 Å². The van der Waals surface area contributed by atoms with Gasteiger partial charge in [-0.1, -0.05) is 29.4 Å². The molecule has 2 atom stereocenters. The normalized spacial score (nSPS) is 19.3. The number of rotatable bonds is 7. The van der Waals surface area contributed by atoms with Crippen LogP contribution in [0.15, 0.2) is 77.4 Å². The summed E-state index contributed by atoms with van der Waals surface area (Å²) in [6.45, 7) is 0.318. The van der Waals surface area contributed by atoms with E-state index in [2.05, 4.69) is 15.5 Å². The van der Waals surface area contributed by atoms with Crippen LogP contribution in [-0.4, -0.2) is 62.8 Å². The predicted octanol–water partition coefficient (Wildman–Crippen LogP) is 0.894. The van der Waals surface area contributed by atoms with Gasteiger partial charge in [-0.25, -0.2) is 14.3 Å². The SMILES string of the molecule is CO/N=C(\C(=O)NC1C(=O)N2C(C(=O)O)=C(C[n+]3ccc4ccccc4c3)CS[C@H]12)c1cccc(N)n1. The Morgan fingerprint density at radius 3 is 2.76 bits per heavy atom. The van der Waals surface area contributed by atoms with Crippen LogP contribution in [0.25, 0.3) is 10.8 Å². The molecule has 1 fully saturated rings. The first kappa shape index (κ1) is 24.3. The molecule has 188 valence electrons. The summed E-state index contributed by atoms with van der Waals surface area (Å²) >= 11 is 1.39. The second kappa shape index (κ2) is 9.90. The maximum atomic E-state index is 13.1. The van der Waals surface area contributed by atoms with Gasteiger partial charge in [0.1, 0.15) is 35.7 Å². The first-order chi connectivity index (χ1) is 17.9. The van der Waals surface area contributed by atoms with Crippen LogP contribution in [0.4, 0.5) is 5.82 Å². The number of amides is 2. The number of nitrogens with two attached hydrogens (primary N) is 1. The number of anilines is 1. The topological polar surface area (TPSA) is 151 Å². The summed E-state index contributed by atoms with van der Waals surface area (Å²) in [6.07, 6.45) is 3.83. The Labute approximate surface area is 215 Å². The molecule has 4 N–H and O–H groups in total. The van der Waals surface area contributed by atoms with E-state index in [1.807, 2.05) is 47.3 Å². The van der Waals surface area contributed by atoms with E-state index in [0.29, 0.717) is 17.9 Å². The van der Waals surface area contributed by atoms with Crippen molar-refractivity contribution < 1.29 is 28.9 Å². The Hall–Kier alpha value is -4.45. The van der Waals surface area contributed by atoms with Crippen molar-refractivity contribution in [3.63, 3.8) is 0 Å². The van der Waals surface area contributed by atoms with Crippen LogP contribution in [0.5, 0.6) is 0 Å². The molecule has 5 rings (SSSR count). The molecule has 0 spiro atoms. The van der Waals surface area contributed by atoms with Crippen LogP contribution < -0.4 is 15.6 Å². The number of oxime groups is 1. The number of aliphatic carboxylic acids is 1. The molecular formula is C25H23N6O5S+. The van der Waals surface area contributed by atoms with Gasteiger partial charge >= 0.3 is 5.97 Å².